The highest BCUT2D eigenvalue weighted by atomic mass is 19.3. The van der Waals surface area contributed by atoms with Gasteiger partial charge in [0.05, 0.1) is 0 Å². The Morgan fingerprint density at radius 3 is 2.67 bits per heavy atom. The van der Waals surface area contributed by atoms with Crippen LogP contribution in [0.25, 0.3) is 0 Å². The van der Waals surface area contributed by atoms with Gasteiger partial charge in [0.15, 0.2) is 0 Å². The minimum absolute atomic E-state index is 0.0880. The highest BCUT2D eigenvalue weighted by Gasteiger charge is 2.50. The number of alkyl halides is 2. The summed E-state index contributed by atoms with van der Waals surface area (Å²) in [6.45, 7) is 4.11. The van der Waals surface area contributed by atoms with Crippen LogP contribution in [-0.2, 0) is 4.79 Å². The average molecular weight is 218 g/mol. The molecule has 5 heteroatoms. The summed E-state index contributed by atoms with van der Waals surface area (Å²) in [5.41, 5.74) is 0. The fourth-order valence-electron chi connectivity index (χ4n) is 2.24. The fraction of sp³-hybridized carbons (Fsp3) is 0.900. The largest absolute Gasteiger partial charge is 0.337 e. The molecule has 15 heavy (non-hydrogen) atoms. The van der Waals surface area contributed by atoms with Crippen molar-refractivity contribution in [3.05, 3.63) is 0 Å². The lowest BCUT2D eigenvalue weighted by molar-refractivity contribution is -0.162. The molecule has 1 amide bonds. The highest BCUT2D eigenvalue weighted by molar-refractivity contribution is 5.80. The zero-order valence-electron chi connectivity index (χ0n) is 8.80. The summed E-state index contributed by atoms with van der Waals surface area (Å²) >= 11 is 0. The van der Waals surface area contributed by atoms with Gasteiger partial charge in [-0.25, -0.2) is 8.78 Å². The molecule has 0 unspecified atom stereocenters. The third kappa shape index (κ3) is 2.12. The van der Waals surface area contributed by atoms with E-state index in [2.05, 4.69) is 5.32 Å². The third-order valence-electron chi connectivity index (χ3n) is 3.22. The number of nitrogens with zero attached hydrogens (tertiary/aromatic N) is 1. The number of hydrogen-bond acceptors (Lipinski definition) is 2. The van der Waals surface area contributed by atoms with Gasteiger partial charge in [-0.1, -0.05) is 0 Å². The van der Waals surface area contributed by atoms with Crippen LogP contribution >= 0.6 is 0 Å². The van der Waals surface area contributed by atoms with Crippen LogP contribution in [0.15, 0.2) is 0 Å². The SMILES string of the molecule is C[C@H]1CNCCN1C(=O)C1CC(F)(F)C1. The number of halogens is 2. The molecule has 1 atom stereocenters. The van der Waals surface area contributed by atoms with Crippen LogP contribution in [0, 0.1) is 5.92 Å². The van der Waals surface area contributed by atoms with E-state index in [0.29, 0.717) is 6.54 Å². The van der Waals surface area contributed by atoms with E-state index >= 15 is 0 Å². The lowest BCUT2D eigenvalue weighted by Gasteiger charge is -2.41. The van der Waals surface area contributed by atoms with Crippen LogP contribution in [0.2, 0.25) is 0 Å². The summed E-state index contributed by atoms with van der Waals surface area (Å²) < 4.78 is 25.3. The topological polar surface area (TPSA) is 32.3 Å². The smallest absolute Gasteiger partial charge is 0.249 e. The van der Waals surface area contributed by atoms with Crippen LogP contribution in [0.3, 0.4) is 0 Å². The van der Waals surface area contributed by atoms with E-state index in [-0.39, 0.29) is 24.8 Å². The Bertz CT molecular complexity index is 262. The van der Waals surface area contributed by atoms with E-state index in [1.165, 1.54) is 0 Å². The Kier molecular flexibility index (Phi) is 2.66. The van der Waals surface area contributed by atoms with E-state index < -0.39 is 11.8 Å². The summed E-state index contributed by atoms with van der Waals surface area (Å²) in [6.07, 6.45) is -0.523. The zero-order valence-corrected chi connectivity index (χ0v) is 8.80. The van der Waals surface area contributed by atoms with Gasteiger partial charge in [-0.15, -0.1) is 0 Å². The molecule has 0 aromatic carbocycles. The van der Waals surface area contributed by atoms with Gasteiger partial charge in [-0.05, 0) is 6.92 Å². The van der Waals surface area contributed by atoms with Crippen molar-refractivity contribution in [2.45, 2.75) is 31.7 Å². The van der Waals surface area contributed by atoms with Crippen molar-refractivity contribution in [3.8, 4) is 0 Å². The van der Waals surface area contributed by atoms with E-state index in [1.807, 2.05) is 6.92 Å². The van der Waals surface area contributed by atoms with Crippen LogP contribution < -0.4 is 5.32 Å². The molecular formula is C10H16F2N2O. The summed E-state index contributed by atoms with van der Waals surface area (Å²) in [5.74, 6) is -3.13. The number of carbonyl (C=O) groups is 1. The first-order valence-corrected chi connectivity index (χ1v) is 5.39. The zero-order chi connectivity index (χ0) is 11.1. The van der Waals surface area contributed by atoms with Crippen molar-refractivity contribution in [3.63, 3.8) is 0 Å². The quantitative estimate of drug-likeness (QED) is 0.707. The van der Waals surface area contributed by atoms with Gasteiger partial charge in [-0.2, -0.15) is 0 Å². The van der Waals surface area contributed by atoms with Crippen molar-refractivity contribution >= 4 is 5.91 Å². The minimum Gasteiger partial charge on any atom is -0.337 e. The Hall–Kier alpha value is -0.710. The summed E-state index contributed by atoms with van der Waals surface area (Å²) in [4.78, 5) is 13.6. The van der Waals surface area contributed by atoms with Crippen LogP contribution in [0.4, 0.5) is 8.78 Å². The molecule has 2 fully saturated rings. The van der Waals surface area contributed by atoms with Gasteiger partial charge in [-0.3, -0.25) is 4.79 Å². The average Bonchev–Trinajstić information content (AvgIpc) is 2.14. The monoisotopic (exact) mass is 218 g/mol. The standard InChI is InChI=1S/C10H16F2N2O/c1-7-6-13-2-3-14(7)9(15)8-4-10(11,12)5-8/h7-8,13H,2-6H2,1H3/t7-/m0/s1. The van der Waals surface area contributed by atoms with Crippen molar-refractivity contribution in [1.29, 1.82) is 0 Å². The molecule has 3 nitrogen and oxygen atoms in total. The molecule has 0 bridgehead atoms. The van der Waals surface area contributed by atoms with Crippen LogP contribution in [0.5, 0.6) is 0 Å². The molecule has 1 saturated carbocycles. The van der Waals surface area contributed by atoms with E-state index in [9.17, 15) is 13.6 Å². The molecule has 0 spiro atoms. The molecule has 0 aromatic rings. The Balaban J connectivity index is 1.91. The van der Waals surface area contributed by atoms with E-state index in [4.69, 9.17) is 0 Å². The fourth-order valence-corrected chi connectivity index (χ4v) is 2.24. The Labute approximate surface area is 87.8 Å². The first-order valence-electron chi connectivity index (χ1n) is 5.39. The van der Waals surface area contributed by atoms with E-state index in [0.717, 1.165) is 13.1 Å². The second-order valence-electron chi connectivity index (χ2n) is 4.55. The number of nitrogens with one attached hydrogen (secondary N) is 1. The van der Waals surface area contributed by atoms with Gasteiger partial charge in [0, 0.05) is 44.4 Å². The number of piperazine rings is 1. The molecule has 0 aromatic heterocycles. The third-order valence-corrected chi connectivity index (χ3v) is 3.22. The second kappa shape index (κ2) is 3.70. The Morgan fingerprint density at radius 1 is 1.47 bits per heavy atom. The normalized spacial score (nSPS) is 31.1. The van der Waals surface area contributed by atoms with E-state index in [1.54, 1.807) is 4.90 Å². The predicted molar refractivity (Wildman–Crippen MR) is 51.7 cm³/mol. The number of carbonyl (C=O) groups excluding carboxylic acids is 1. The summed E-state index contributed by atoms with van der Waals surface area (Å²) in [6, 6.07) is 0.125. The van der Waals surface area contributed by atoms with Crippen LogP contribution in [-0.4, -0.2) is 42.4 Å². The van der Waals surface area contributed by atoms with Crippen molar-refractivity contribution in [2.24, 2.45) is 5.92 Å². The predicted octanol–water partition coefficient (Wildman–Crippen LogP) is 0.852. The highest BCUT2D eigenvalue weighted by Crippen LogP contribution is 2.43. The molecule has 2 aliphatic rings. The Morgan fingerprint density at radius 2 is 2.13 bits per heavy atom. The van der Waals surface area contributed by atoms with Crippen LogP contribution in [0.1, 0.15) is 19.8 Å². The lowest BCUT2D eigenvalue weighted by Crippen LogP contribution is -2.56. The molecule has 1 saturated heterocycles. The number of rotatable bonds is 1. The maximum absolute atomic E-state index is 12.6. The molecule has 0 radical (unpaired) electrons. The molecule has 1 aliphatic heterocycles. The van der Waals surface area contributed by atoms with Gasteiger partial charge in [0.2, 0.25) is 11.8 Å². The van der Waals surface area contributed by atoms with Crippen molar-refractivity contribution in [2.75, 3.05) is 19.6 Å². The van der Waals surface area contributed by atoms with Crippen molar-refractivity contribution in [1.82, 2.24) is 10.2 Å². The first kappa shape index (κ1) is 10.8. The number of hydrogen-bond donors (Lipinski definition) is 1. The van der Waals surface area contributed by atoms with Crippen molar-refractivity contribution < 1.29 is 13.6 Å². The van der Waals surface area contributed by atoms with Gasteiger partial charge in [0.1, 0.15) is 0 Å². The molecule has 1 heterocycles. The minimum atomic E-state index is -2.60. The molecule has 1 aliphatic carbocycles. The lowest BCUT2D eigenvalue weighted by atomic mass is 9.80. The first-order chi connectivity index (χ1) is 6.99. The maximum atomic E-state index is 12.6. The van der Waals surface area contributed by atoms with Gasteiger partial charge in [0.25, 0.3) is 0 Å². The molecule has 1 N–H and O–H groups in total. The second-order valence-corrected chi connectivity index (χ2v) is 4.55. The molecule has 86 valence electrons. The number of amides is 1. The molecule has 2 rings (SSSR count). The maximum Gasteiger partial charge on any atom is 0.249 e. The summed E-state index contributed by atoms with van der Waals surface area (Å²) in [7, 11) is 0. The molecular weight excluding hydrogens is 202 g/mol. The van der Waals surface area contributed by atoms with Gasteiger partial charge < -0.3 is 10.2 Å². The van der Waals surface area contributed by atoms with Gasteiger partial charge >= 0.3 is 0 Å². The summed E-state index contributed by atoms with van der Waals surface area (Å²) in [5, 5.41) is 3.17.